The second kappa shape index (κ2) is 7.78. The lowest BCUT2D eigenvalue weighted by atomic mass is 9.96. The van der Waals surface area contributed by atoms with Gasteiger partial charge in [-0.2, -0.15) is 0 Å². The normalized spacial score (nSPS) is 23.7. The number of aliphatic hydroxyl groups excluding tert-OH is 1. The molecule has 1 heterocycles. The SMILES string of the molecule is CCCC(=O)N1CCCC(C(=O)NC(CCO)C2CC2)C1. The van der Waals surface area contributed by atoms with Crippen molar-refractivity contribution >= 4 is 11.8 Å². The Hall–Kier alpha value is -1.10. The van der Waals surface area contributed by atoms with Crippen LogP contribution in [0.5, 0.6) is 0 Å². The van der Waals surface area contributed by atoms with E-state index in [1.54, 1.807) is 0 Å². The molecule has 120 valence electrons. The number of hydrogen-bond donors (Lipinski definition) is 2. The number of likely N-dealkylation sites (tertiary alicyclic amines) is 1. The summed E-state index contributed by atoms with van der Waals surface area (Å²) < 4.78 is 0. The van der Waals surface area contributed by atoms with Crippen LogP contribution >= 0.6 is 0 Å². The standard InChI is InChI=1S/C16H28N2O3/c1-2-4-15(20)18-9-3-5-13(11-18)16(21)17-14(8-10-19)12-6-7-12/h12-14,19H,2-11H2,1H3,(H,17,21). The highest BCUT2D eigenvalue weighted by Gasteiger charge is 2.34. The molecular formula is C16H28N2O3. The molecule has 5 heteroatoms. The van der Waals surface area contributed by atoms with E-state index in [0.717, 1.165) is 38.6 Å². The topological polar surface area (TPSA) is 69.6 Å². The maximum absolute atomic E-state index is 12.4. The summed E-state index contributed by atoms with van der Waals surface area (Å²) in [7, 11) is 0. The molecule has 2 atom stereocenters. The van der Waals surface area contributed by atoms with Crippen molar-refractivity contribution < 1.29 is 14.7 Å². The zero-order valence-electron chi connectivity index (χ0n) is 13.0. The highest BCUT2D eigenvalue weighted by atomic mass is 16.3. The Morgan fingerprint density at radius 1 is 1.33 bits per heavy atom. The van der Waals surface area contributed by atoms with Gasteiger partial charge in [-0.15, -0.1) is 0 Å². The fourth-order valence-corrected chi connectivity index (χ4v) is 3.15. The molecule has 2 N–H and O–H groups in total. The number of amides is 2. The molecule has 1 aliphatic carbocycles. The van der Waals surface area contributed by atoms with E-state index in [9.17, 15) is 9.59 Å². The Labute approximate surface area is 127 Å². The number of piperidine rings is 1. The van der Waals surface area contributed by atoms with E-state index in [0.29, 0.717) is 25.3 Å². The number of hydrogen-bond acceptors (Lipinski definition) is 3. The van der Waals surface area contributed by atoms with Crippen LogP contribution in [0.15, 0.2) is 0 Å². The molecule has 2 unspecified atom stereocenters. The number of rotatable bonds is 7. The first-order valence-corrected chi connectivity index (χ1v) is 8.34. The van der Waals surface area contributed by atoms with Gasteiger partial charge >= 0.3 is 0 Å². The van der Waals surface area contributed by atoms with Gasteiger partial charge in [-0.1, -0.05) is 6.92 Å². The van der Waals surface area contributed by atoms with Crippen molar-refractivity contribution in [3.05, 3.63) is 0 Å². The third kappa shape index (κ3) is 4.70. The maximum atomic E-state index is 12.4. The molecule has 2 rings (SSSR count). The van der Waals surface area contributed by atoms with Gasteiger partial charge in [0.15, 0.2) is 0 Å². The predicted molar refractivity (Wildman–Crippen MR) is 80.6 cm³/mol. The lowest BCUT2D eigenvalue weighted by Gasteiger charge is -2.33. The first-order chi connectivity index (χ1) is 10.2. The summed E-state index contributed by atoms with van der Waals surface area (Å²) >= 11 is 0. The number of nitrogens with one attached hydrogen (secondary N) is 1. The Morgan fingerprint density at radius 2 is 2.10 bits per heavy atom. The van der Waals surface area contributed by atoms with E-state index < -0.39 is 0 Å². The molecule has 21 heavy (non-hydrogen) atoms. The molecule has 2 amide bonds. The van der Waals surface area contributed by atoms with Crippen LogP contribution in [0.4, 0.5) is 0 Å². The van der Waals surface area contributed by atoms with Gasteiger partial charge in [0.25, 0.3) is 0 Å². The van der Waals surface area contributed by atoms with E-state index in [2.05, 4.69) is 5.32 Å². The Bertz CT molecular complexity index is 369. The van der Waals surface area contributed by atoms with Gasteiger partial charge in [0.2, 0.25) is 11.8 Å². The van der Waals surface area contributed by atoms with E-state index in [-0.39, 0.29) is 30.4 Å². The molecule has 2 fully saturated rings. The highest BCUT2D eigenvalue weighted by Crippen LogP contribution is 2.34. The van der Waals surface area contributed by atoms with E-state index >= 15 is 0 Å². The summed E-state index contributed by atoms with van der Waals surface area (Å²) in [5.41, 5.74) is 0. The lowest BCUT2D eigenvalue weighted by molar-refractivity contribution is -0.136. The van der Waals surface area contributed by atoms with Crippen LogP contribution in [0.3, 0.4) is 0 Å². The van der Waals surface area contributed by atoms with Crippen LogP contribution in [0, 0.1) is 11.8 Å². The number of nitrogens with zero attached hydrogens (tertiary/aromatic N) is 1. The predicted octanol–water partition coefficient (Wildman–Crippen LogP) is 1.30. The molecule has 0 spiro atoms. The summed E-state index contributed by atoms with van der Waals surface area (Å²) in [6.07, 6.45) is 6.13. The first kappa shape index (κ1) is 16.3. The van der Waals surface area contributed by atoms with Gasteiger partial charge in [-0.05, 0) is 44.4 Å². The number of aliphatic hydroxyl groups is 1. The lowest BCUT2D eigenvalue weighted by Crippen LogP contribution is -2.48. The van der Waals surface area contributed by atoms with Crippen molar-refractivity contribution in [2.45, 2.75) is 57.9 Å². The molecule has 2 aliphatic rings. The van der Waals surface area contributed by atoms with Crippen LogP contribution in [-0.2, 0) is 9.59 Å². The van der Waals surface area contributed by atoms with Crippen molar-refractivity contribution in [3.63, 3.8) is 0 Å². The average Bonchev–Trinajstić information content (AvgIpc) is 3.32. The molecule has 0 radical (unpaired) electrons. The van der Waals surface area contributed by atoms with Crippen molar-refractivity contribution in [2.24, 2.45) is 11.8 Å². The molecule has 0 aromatic carbocycles. The summed E-state index contributed by atoms with van der Waals surface area (Å²) in [4.78, 5) is 26.2. The first-order valence-electron chi connectivity index (χ1n) is 8.34. The minimum atomic E-state index is -0.0838. The minimum absolute atomic E-state index is 0.0642. The fourth-order valence-electron chi connectivity index (χ4n) is 3.15. The average molecular weight is 296 g/mol. The monoisotopic (exact) mass is 296 g/mol. The largest absolute Gasteiger partial charge is 0.396 e. The van der Waals surface area contributed by atoms with Crippen LogP contribution < -0.4 is 5.32 Å². The third-order valence-corrected chi connectivity index (χ3v) is 4.57. The van der Waals surface area contributed by atoms with Crippen LogP contribution in [0.2, 0.25) is 0 Å². The van der Waals surface area contributed by atoms with E-state index in [4.69, 9.17) is 5.11 Å². The maximum Gasteiger partial charge on any atom is 0.225 e. The quantitative estimate of drug-likeness (QED) is 0.744. The Kier molecular flexibility index (Phi) is 6.03. The zero-order valence-corrected chi connectivity index (χ0v) is 13.0. The van der Waals surface area contributed by atoms with Gasteiger partial charge < -0.3 is 15.3 Å². The van der Waals surface area contributed by atoms with Gasteiger partial charge in [0.1, 0.15) is 0 Å². The highest BCUT2D eigenvalue weighted by molar-refractivity contribution is 5.81. The minimum Gasteiger partial charge on any atom is -0.396 e. The fraction of sp³-hybridized carbons (Fsp3) is 0.875. The van der Waals surface area contributed by atoms with Crippen molar-refractivity contribution in [2.75, 3.05) is 19.7 Å². The Balaban J connectivity index is 1.84. The summed E-state index contributed by atoms with van der Waals surface area (Å²) in [6.45, 7) is 3.46. The van der Waals surface area contributed by atoms with Gasteiger partial charge in [0, 0.05) is 32.2 Å². The second-order valence-electron chi connectivity index (χ2n) is 6.39. The molecule has 1 aliphatic heterocycles. The van der Waals surface area contributed by atoms with Crippen molar-refractivity contribution in [3.8, 4) is 0 Å². The molecule has 0 aromatic heterocycles. The van der Waals surface area contributed by atoms with E-state index in [1.165, 1.54) is 0 Å². The van der Waals surface area contributed by atoms with Crippen LogP contribution in [0.25, 0.3) is 0 Å². The van der Waals surface area contributed by atoms with Gasteiger partial charge in [0.05, 0.1) is 5.92 Å². The number of carbonyl (C=O) groups is 2. The second-order valence-corrected chi connectivity index (χ2v) is 6.39. The summed E-state index contributed by atoms with van der Waals surface area (Å²) in [6, 6.07) is 0.115. The molecule has 5 nitrogen and oxygen atoms in total. The molecule has 1 saturated carbocycles. The number of carbonyl (C=O) groups excluding carboxylic acids is 2. The van der Waals surface area contributed by atoms with Crippen molar-refractivity contribution in [1.29, 1.82) is 0 Å². The zero-order chi connectivity index (χ0) is 15.2. The van der Waals surface area contributed by atoms with Crippen LogP contribution in [0.1, 0.15) is 51.9 Å². The molecule has 0 aromatic rings. The van der Waals surface area contributed by atoms with E-state index in [1.807, 2.05) is 11.8 Å². The van der Waals surface area contributed by atoms with Crippen LogP contribution in [-0.4, -0.2) is 47.6 Å². The smallest absolute Gasteiger partial charge is 0.225 e. The molecule has 0 bridgehead atoms. The summed E-state index contributed by atoms with van der Waals surface area (Å²) in [5.74, 6) is 0.695. The molecule has 1 saturated heterocycles. The third-order valence-electron chi connectivity index (χ3n) is 4.57. The van der Waals surface area contributed by atoms with Gasteiger partial charge in [-0.3, -0.25) is 9.59 Å². The van der Waals surface area contributed by atoms with Crippen molar-refractivity contribution in [1.82, 2.24) is 10.2 Å². The van der Waals surface area contributed by atoms with Gasteiger partial charge in [-0.25, -0.2) is 0 Å². The Morgan fingerprint density at radius 3 is 2.71 bits per heavy atom. The molecular weight excluding hydrogens is 268 g/mol. The summed E-state index contributed by atoms with van der Waals surface area (Å²) in [5, 5.41) is 12.2.